The Morgan fingerprint density at radius 3 is 1.73 bits per heavy atom. The number of rotatable bonds is 8. The van der Waals surface area contributed by atoms with Crippen LogP contribution in [0.2, 0.25) is 0 Å². The van der Waals surface area contributed by atoms with Crippen LogP contribution in [0.15, 0.2) is 0 Å². The highest BCUT2D eigenvalue weighted by Crippen LogP contribution is 2.13. The Kier molecular flexibility index (Phi) is 8.07. The van der Waals surface area contributed by atoms with E-state index in [4.69, 9.17) is 4.74 Å². The van der Waals surface area contributed by atoms with Crippen molar-refractivity contribution in [2.45, 2.75) is 59.5 Å². The smallest absolute Gasteiger partial charge is 0.0613 e. The molecule has 0 aliphatic rings. The van der Waals surface area contributed by atoms with Crippen LogP contribution in [0.25, 0.3) is 0 Å². The minimum Gasteiger partial charge on any atom is -0.383 e. The fourth-order valence-corrected chi connectivity index (χ4v) is 2.07. The van der Waals surface area contributed by atoms with Crippen molar-refractivity contribution in [1.29, 1.82) is 0 Å². The Labute approximate surface area is 95.8 Å². The van der Waals surface area contributed by atoms with Gasteiger partial charge in [-0.2, -0.15) is 0 Å². The minimum absolute atomic E-state index is 0.456. The number of methoxy groups -OCH3 is 1. The molecule has 0 fully saturated rings. The van der Waals surface area contributed by atoms with E-state index in [0.29, 0.717) is 12.1 Å². The molecule has 0 bridgehead atoms. The van der Waals surface area contributed by atoms with E-state index in [9.17, 15) is 0 Å². The van der Waals surface area contributed by atoms with Gasteiger partial charge in [0.15, 0.2) is 0 Å². The van der Waals surface area contributed by atoms with Gasteiger partial charge in [0.05, 0.1) is 6.61 Å². The highest BCUT2D eigenvalue weighted by atomic mass is 16.5. The van der Waals surface area contributed by atoms with Gasteiger partial charge < -0.3 is 10.1 Å². The first-order valence-electron chi connectivity index (χ1n) is 6.20. The average Bonchev–Trinajstić information content (AvgIpc) is 2.00. The van der Waals surface area contributed by atoms with Crippen molar-refractivity contribution in [3.63, 3.8) is 0 Å². The SMILES string of the molecule is COCC(C)NC(CC(C)C)CC(C)C. The topological polar surface area (TPSA) is 21.3 Å². The lowest BCUT2D eigenvalue weighted by molar-refractivity contribution is 0.161. The molecule has 0 aliphatic heterocycles. The molecule has 0 saturated heterocycles. The molecule has 0 aromatic carbocycles. The summed E-state index contributed by atoms with van der Waals surface area (Å²) in [5.74, 6) is 1.52. The number of nitrogens with one attached hydrogen (secondary N) is 1. The molecule has 0 amide bonds. The van der Waals surface area contributed by atoms with Crippen LogP contribution in [-0.4, -0.2) is 25.8 Å². The standard InChI is InChI=1S/C13H29NO/c1-10(2)7-13(8-11(3)4)14-12(5)9-15-6/h10-14H,7-9H2,1-6H3. The van der Waals surface area contributed by atoms with E-state index in [2.05, 4.69) is 39.9 Å². The van der Waals surface area contributed by atoms with Gasteiger partial charge in [0, 0.05) is 19.2 Å². The number of ether oxygens (including phenoxy) is 1. The van der Waals surface area contributed by atoms with Crippen LogP contribution in [0.5, 0.6) is 0 Å². The zero-order chi connectivity index (χ0) is 11.8. The second-order valence-electron chi connectivity index (χ2n) is 5.48. The fraction of sp³-hybridized carbons (Fsp3) is 1.00. The number of hydrogen-bond donors (Lipinski definition) is 1. The average molecular weight is 215 g/mol. The van der Waals surface area contributed by atoms with E-state index in [1.54, 1.807) is 7.11 Å². The summed E-state index contributed by atoms with van der Waals surface area (Å²) in [6.45, 7) is 12.1. The molecule has 0 rings (SSSR count). The van der Waals surface area contributed by atoms with Gasteiger partial charge >= 0.3 is 0 Å². The summed E-state index contributed by atoms with van der Waals surface area (Å²) in [4.78, 5) is 0. The lowest BCUT2D eigenvalue weighted by Crippen LogP contribution is -2.40. The van der Waals surface area contributed by atoms with E-state index in [-0.39, 0.29) is 0 Å². The third-order valence-corrected chi connectivity index (χ3v) is 2.45. The van der Waals surface area contributed by atoms with Gasteiger partial charge in [-0.05, 0) is 31.6 Å². The first-order valence-corrected chi connectivity index (χ1v) is 6.20. The summed E-state index contributed by atoms with van der Waals surface area (Å²) in [5, 5.41) is 3.66. The van der Waals surface area contributed by atoms with Gasteiger partial charge in [0.25, 0.3) is 0 Å². The van der Waals surface area contributed by atoms with Crippen molar-refractivity contribution in [3.05, 3.63) is 0 Å². The summed E-state index contributed by atoms with van der Waals surface area (Å²) in [6, 6.07) is 1.09. The van der Waals surface area contributed by atoms with Crippen LogP contribution in [0, 0.1) is 11.8 Å². The van der Waals surface area contributed by atoms with Gasteiger partial charge in [0.1, 0.15) is 0 Å². The quantitative estimate of drug-likeness (QED) is 0.672. The summed E-state index contributed by atoms with van der Waals surface area (Å²) in [5.41, 5.74) is 0. The van der Waals surface area contributed by atoms with Crippen molar-refractivity contribution in [3.8, 4) is 0 Å². The summed E-state index contributed by atoms with van der Waals surface area (Å²) >= 11 is 0. The van der Waals surface area contributed by atoms with Crippen LogP contribution in [0.3, 0.4) is 0 Å². The van der Waals surface area contributed by atoms with Crippen molar-refractivity contribution in [2.24, 2.45) is 11.8 Å². The molecule has 1 atom stereocenters. The third-order valence-electron chi connectivity index (χ3n) is 2.45. The molecule has 0 radical (unpaired) electrons. The minimum atomic E-state index is 0.456. The van der Waals surface area contributed by atoms with Gasteiger partial charge in [0.2, 0.25) is 0 Å². The Balaban J connectivity index is 3.99. The van der Waals surface area contributed by atoms with E-state index in [1.165, 1.54) is 12.8 Å². The van der Waals surface area contributed by atoms with E-state index >= 15 is 0 Å². The zero-order valence-corrected chi connectivity index (χ0v) is 11.3. The molecular weight excluding hydrogens is 186 g/mol. The lowest BCUT2D eigenvalue weighted by Gasteiger charge is -2.26. The predicted molar refractivity (Wildman–Crippen MR) is 67.2 cm³/mol. The van der Waals surface area contributed by atoms with Crippen molar-refractivity contribution < 1.29 is 4.74 Å². The van der Waals surface area contributed by atoms with Crippen molar-refractivity contribution in [1.82, 2.24) is 5.32 Å². The molecule has 0 aromatic rings. The molecule has 0 heterocycles. The molecule has 92 valence electrons. The molecule has 1 N–H and O–H groups in total. The molecular formula is C13H29NO. The van der Waals surface area contributed by atoms with Crippen LogP contribution < -0.4 is 5.32 Å². The van der Waals surface area contributed by atoms with Gasteiger partial charge in [-0.3, -0.25) is 0 Å². The highest BCUT2D eigenvalue weighted by Gasteiger charge is 2.14. The zero-order valence-electron chi connectivity index (χ0n) is 11.3. The maximum Gasteiger partial charge on any atom is 0.0613 e. The normalized spacial score (nSPS) is 14.2. The fourth-order valence-electron chi connectivity index (χ4n) is 2.07. The lowest BCUT2D eigenvalue weighted by atomic mass is 9.95. The molecule has 0 saturated carbocycles. The Morgan fingerprint density at radius 1 is 0.933 bits per heavy atom. The highest BCUT2D eigenvalue weighted by molar-refractivity contribution is 4.74. The molecule has 2 heteroatoms. The maximum absolute atomic E-state index is 5.15. The Bertz CT molecular complexity index is 135. The number of hydrogen-bond acceptors (Lipinski definition) is 2. The third kappa shape index (κ3) is 8.88. The molecule has 0 aromatic heterocycles. The Morgan fingerprint density at radius 2 is 1.40 bits per heavy atom. The Hall–Kier alpha value is -0.0800. The maximum atomic E-state index is 5.15. The van der Waals surface area contributed by atoms with Gasteiger partial charge in [-0.15, -0.1) is 0 Å². The second kappa shape index (κ2) is 8.12. The molecule has 1 unspecified atom stereocenters. The van der Waals surface area contributed by atoms with Crippen LogP contribution in [-0.2, 0) is 4.74 Å². The first-order chi connectivity index (χ1) is 6.95. The van der Waals surface area contributed by atoms with Crippen LogP contribution in [0.1, 0.15) is 47.5 Å². The summed E-state index contributed by atoms with van der Waals surface area (Å²) < 4.78 is 5.15. The largest absolute Gasteiger partial charge is 0.383 e. The van der Waals surface area contributed by atoms with Crippen LogP contribution >= 0.6 is 0 Å². The van der Waals surface area contributed by atoms with Gasteiger partial charge in [-0.1, -0.05) is 27.7 Å². The molecule has 15 heavy (non-hydrogen) atoms. The summed E-state index contributed by atoms with van der Waals surface area (Å²) in [7, 11) is 1.76. The van der Waals surface area contributed by atoms with Crippen LogP contribution in [0.4, 0.5) is 0 Å². The molecule has 2 nitrogen and oxygen atoms in total. The van der Waals surface area contributed by atoms with E-state index < -0.39 is 0 Å². The second-order valence-corrected chi connectivity index (χ2v) is 5.48. The van der Waals surface area contributed by atoms with Gasteiger partial charge in [-0.25, -0.2) is 0 Å². The molecule has 0 spiro atoms. The van der Waals surface area contributed by atoms with E-state index in [1.807, 2.05) is 0 Å². The van der Waals surface area contributed by atoms with Crippen molar-refractivity contribution >= 4 is 0 Å². The first kappa shape index (κ1) is 14.9. The monoisotopic (exact) mass is 215 g/mol. The predicted octanol–water partition coefficient (Wildman–Crippen LogP) is 3.07. The van der Waals surface area contributed by atoms with E-state index in [0.717, 1.165) is 18.4 Å². The molecule has 0 aliphatic carbocycles. The summed E-state index contributed by atoms with van der Waals surface area (Å²) in [6.07, 6.45) is 2.51. The van der Waals surface area contributed by atoms with Crippen molar-refractivity contribution in [2.75, 3.05) is 13.7 Å².